The summed E-state index contributed by atoms with van der Waals surface area (Å²) >= 11 is 0. The van der Waals surface area contributed by atoms with Gasteiger partial charge in [-0.2, -0.15) is 0 Å². The second-order valence-electron chi connectivity index (χ2n) is 5.17. The van der Waals surface area contributed by atoms with Gasteiger partial charge in [-0.05, 0) is 25.2 Å². The van der Waals surface area contributed by atoms with E-state index in [4.69, 9.17) is 0 Å². The van der Waals surface area contributed by atoms with Crippen LogP contribution in [0.1, 0.15) is 46.0 Å². The van der Waals surface area contributed by atoms with Crippen LogP contribution in [0.15, 0.2) is 11.6 Å². The van der Waals surface area contributed by atoms with E-state index in [0.717, 1.165) is 12.8 Å². The number of aliphatic carboxylic acids is 1. The van der Waals surface area contributed by atoms with Crippen molar-refractivity contribution in [3.8, 4) is 0 Å². The molecule has 0 radical (unpaired) electrons. The summed E-state index contributed by atoms with van der Waals surface area (Å²) in [5.74, 6) is -0.767. The molecule has 0 N–H and O–H groups in total. The molecule has 9 nitrogen and oxygen atoms in total. The number of hydrogen-bond acceptors (Lipinski definition) is 9. The number of carbonyl (C=O) groups excluding carboxylic acids is 1. The highest BCUT2D eigenvalue weighted by Gasteiger charge is 2.42. The number of allylic oxidation sites excluding steroid dienone is 1. The Hall–Kier alpha value is -0.660. The predicted molar refractivity (Wildman–Crippen MR) is 74.3 cm³/mol. The molecule has 23 heavy (non-hydrogen) atoms. The van der Waals surface area contributed by atoms with Gasteiger partial charge < -0.3 is 20.1 Å². The minimum Gasteiger partial charge on any atom is -0.691 e. The van der Waals surface area contributed by atoms with Crippen molar-refractivity contribution in [1.29, 1.82) is 0 Å². The Labute approximate surface area is 135 Å². The van der Waals surface area contributed by atoms with Gasteiger partial charge in [-0.3, -0.25) is 9.56 Å². The molecule has 0 aliphatic carbocycles. The fourth-order valence-electron chi connectivity index (χ4n) is 1.71. The predicted octanol–water partition coefficient (Wildman–Crippen LogP) is 0.720. The summed E-state index contributed by atoms with van der Waals surface area (Å²) in [5, 5.41) is 23.3. The number of hydrogen-bond donors (Lipinski definition) is 0. The van der Waals surface area contributed by atoms with Crippen molar-refractivity contribution >= 4 is 21.0 Å². The molecule has 2 atom stereocenters. The molecule has 2 unspecified atom stereocenters. The Bertz CT molecular complexity index is 461. The van der Waals surface area contributed by atoms with Crippen LogP contribution in [-0.4, -0.2) is 12.6 Å². The van der Waals surface area contributed by atoms with Gasteiger partial charge in [0.05, 0.1) is 6.61 Å². The smallest absolute Gasteiger partial charge is 0.593 e. The number of carboxylic acid groups (broad SMARTS) is 1. The van der Waals surface area contributed by atoms with E-state index in [1.54, 1.807) is 6.08 Å². The van der Waals surface area contributed by atoms with Crippen LogP contribution < -0.4 is 15.3 Å². The van der Waals surface area contributed by atoms with Crippen molar-refractivity contribution in [2.45, 2.75) is 46.0 Å². The maximum absolute atomic E-state index is 11.5. The minimum atomic E-state index is -4.70. The monoisotopic (exact) mass is 370 g/mol. The van der Waals surface area contributed by atoms with Crippen LogP contribution >= 0.6 is 15.0 Å². The topological polar surface area (TPSA) is 148 Å². The highest BCUT2D eigenvalue weighted by molar-refractivity contribution is 8.20. The lowest BCUT2D eigenvalue weighted by molar-refractivity contribution is -0.780. The van der Waals surface area contributed by atoms with Gasteiger partial charge in [-0.25, -0.2) is 4.57 Å². The third-order valence-electron chi connectivity index (χ3n) is 2.79. The Kier molecular flexibility index (Phi) is 11.5. The fraction of sp³-hybridized carbons (Fsp3) is 0.750. The average molecular weight is 370 g/mol. The molecule has 0 saturated carbocycles. The molecule has 0 aromatic heterocycles. The van der Waals surface area contributed by atoms with Crippen LogP contribution in [0.5, 0.6) is 0 Å². The standard InChI is InChI=1S/C12H22O9P2/c1-10(2)5-3-4-6-11(9-12(13)14)7-8-19-23(18,21-20-15)22(16)17/h6,10,15H,3-5,7-9H2,1-2H3,(H,13,14)/p-2/b11-6-. The molecule has 0 fully saturated rings. The zero-order chi connectivity index (χ0) is 17.9. The summed E-state index contributed by atoms with van der Waals surface area (Å²) in [6, 6.07) is 0. The van der Waals surface area contributed by atoms with E-state index in [0.29, 0.717) is 17.9 Å². The Morgan fingerprint density at radius 1 is 1.39 bits per heavy atom. The molecular weight excluding hydrogens is 350 g/mol. The van der Waals surface area contributed by atoms with Gasteiger partial charge in [-0.15, -0.1) is 4.67 Å². The number of rotatable bonds is 13. The maximum Gasteiger partial charge on any atom is 0.593 e. The molecule has 0 aliphatic rings. The van der Waals surface area contributed by atoms with E-state index < -0.39 is 27.6 Å². The van der Waals surface area contributed by atoms with E-state index in [2.05, 4.69) is 28.1 Å². The van der Waals surface area contributed by atoms with Crippen molar-refractivity contribution in [3.05, 3.63) is 11.6 Å². The lowest BCUT2D eigenvalue weighted by Crippen LogP contribution is -2.22. The van der Waals surface area contributed by atoms with Crippen molar-refractivity contribution in [2.24, 2.45) is 5.92 Å². The summed E-state index contributed by atoms with van der Waals surface area (Å²) in [6.45, 7) is 3.73. The van der Waals surface area contributed by atoms with Crippen LogP contribution in [0, 0.1) is 5.92 Å². The quantitative estimate of drug-likeness (QED) is 0.150. The number of unbranched alkanes of at least 4 members (excludes halogenated alkanes) is 1. The van der Waals surface area contributed by atoms with E-state index in [1.807, 2.05) is 0 Å². The Morgan fingerprint density at radius 2 is 2.04 bits per heavy atom. The van der Waals surface area contributed by atoms with Gasteiger partial charge in [0.2, 0.25) is 0 Å². The van der Waals surface area contributed by atoms with E-state index in [1.165, 1.54) is 0 Å². The molecule has 0 spiro atoms. The summed E-state index contributed by atoms with van der Waals surface area (Å²) in [6.07, 6.45) is 3.85. The van der Waals surface area contributed by atoms with Gasteiger partial charge in [-0.1, -0.05) is 36.5 Å². The molecule has 0 aromatic carbocycles. The van der Waals surface area contributed by atoms with Gasteiger partial charge in [0.25, 0.3) is 0 Å². The van der Waals surface area contributed by atoms with E-state index in [-0.39, 0.29) is 12.8 Å². The van der Waals surface area contributed by atoms with Crippen LogP contribution in [0.25, 0.3) is 0 Å². The molecular formula is C12H20O9P2-2. The lowest BCUT2D eigenvalue weighted by Gasteiger charge is -2.13. The molecule has 0 saturated heterocycles. The van der Waals surface area contributed by atoms with E-state index in [9.17, 15) is 29.2 Å². The normalized spacial score (nSPS) is 15.5. The molecule has 0 rings (SSSR count). The van der Waals surface area contributed by atoms with E-state index >= 15 is 0 Å². The first kappa shape index (κ1) is 22.3. The number of carbonyl (C=O) groups is 1. The zero-order valence-electron chi connectivity index (χ0n) is 13.0. The SMILES string of the molecule is CC(C)CCC/C=C(/CCOP(=O)(OO[O-])[P+](=O)[O-])CC(=O)[O-]. The first-order valence-electron chi connectivity index (χ1n) is 6.96. The number of carboxylic acids is 1. The van der Waals surface area contributed by atoms with Gasteiger partial charge in [0.15, 0.2) is 0 Å². The third kappa shape index (κ3) is 10.7. The summed E-state index contributed by atoms with van der Waals surface area (Å²) in [5.41, 5.74) is 0.449. The molecule has 0 amide bonds. The molecule has 0 bridgehead atoms. The lowest BCUT2D eigenvalue weighted by atomic mass is 10.0. The largest absolute Gasteiger partial charge is 0.691 e. The van der Waals surface area contributed by atoms with Crippen LogP contribution in [0.3, 0.4) is 0 Å². The average Bonchev–Trinajstić information content (AvgIpc) is 2.42. The second kappa shape index (κ2) is 11.8. The molecule has 0 aromatic rings. The Balaban J connectivity index is 4.54. The van der Waals surface area contributed by atoms with Gasteiger partial charge in [0, 0.05) is 12.4 Å². The molecule has 0 aliphatic heterocycles. The van der Waals surface area contributed by atoms with Crippen molar-refractivity contribution < 1.29 is 43.4 Å². The van der Waals surface area contributed by atoms with Crippen LogP contribution in [0.4, 0.5) is 0 Å². The molecule has 134 valence electrons. The summed E-state index contributed by atoms with van der Waals surface area (Å²) in [4.78, 5) is 21.4. The zero-order valence-corrected chi connectivity index (χ0v) is 14.8. The van der Waals surface area contributed by atoms with Crippen LogP contribution in [0.2, 0.25) is 0 Å². The summed E-state index contributed by atoms with van der Waals surface area (Å²) in [7, 11) is -8.38. The fourth-order valence-corrected chi connectivity index (χ4v) is 3.07. The Morgan fingerprint density at radius 3 is 2.52 bits per heavy atom. The van der Waals surface area contributed by atoms with Gasteiger partial charge in [0.1, 0.15) is 0 Å². The molecule has 11 heteroatoms. The second-order valence-corrected chi connectivity index (χ2v) is 9.44. The van der Waals surface area contributed by atoms with Crippen molar-refractivity contribution in [1.82, 2.24) is 0 Å². The maximum atomic E-state index is 11.5. The van der Waals surface area contributed by atoms with Crippen LogP contribution in [-0.2, 0) is 28.2 Å². The van der Waals surface area contributed by atoms with Crippen molar-refractivity contribution in [2.75, 3.05) is 6.61 Å². The van der Waals surface area contributed by atoms with Gasteiger partial charge >= 0.3 is 15.0 Å². The first-order valence-corrected chi connectivity index (χ1v) is 10.4. The molecule has 0 heterocycles. The van der Waals surface area contributed by atoms with Crippen molar-refractivity contribution in [3.63, 3.8) is 0 Å². The third-order valence-corrected chi connectivity index (χ3v) is 5.70. The highest BCUT2D eigenvalue weighted by atomic mass is 32.1. The highest BCUT2D eigenvalue weighted by Crippen LogP contribution is 2.66. The summed E-state index contributed by atoms with van der Waals surface area (Å²) < 4.78 is 30.4. The minimum absolute atomic E-state index is 0.00500. The first-order chi connectivity index (χ1) is 10.7.